The molecule has 0 bridgehead atoms. The minimum Gasteiger partial charge on any atom is -0.344 e. The van der Waals surface area contributed by atoms with E-state index in [1.54, 1.807) is 4.72 Å². The Morgan fingerprint density at radius 2 is 1.86 bits per heavy atom. The number of rotatable bonds is 4. The lowest BCUT2D eigenvalue weighted by Gasteiger charge is -2.28. The maximum Gasteiger partial charge on any atom is 0.401 e. The summed E-state index contributed by atoms with van der Waals surface area (Å²) >= 11 is 5.94. The number of aromatic nitrogens is 3. The zero-order chi connectivity index (χ0) is 30.6. The molecule has 2 aliphatic heterocycles. The molecule has 2 fully saturated rings. The number of carbonyl (C=O) groups excluding carboxylic acids is 2. The van der Waals surface area contributed by atoms with Gasteiger partial charge in [0, 0.05) is 18.3 Å². The molecule has 2 aromatic heterocycles. The average molecular weight is 633 g/mol. The number of amides is 2. The molecule has 1 unspecified atom stereocenters. The van der Waals surface area contributed by atoms with Gasteiger partial charge in [-0.2, -0.15) is 18.3 Å². The highest BCUT2D eigenvalue weighted by Gasteiger charge is 2.82. The van der Waals surface area contributed by atoms with Gasteiger partial charge in [0.25, 0.3) is 11.8 Å². The number of hydrogen-bond acceptors (Lipinski definition) is 7. The van der Waals surface area contributed by atoms with Crippen LogP contribution in [-0.2, 0) is 25.0 Å². The third kappa shape index (κ3) is 3.97. The topological polar surface area (TPSA) is 126 Å². The van der Waals surface area contributed by atoms with E-state index in [9.17, 15) is 31.2 Å². The van der Waals surface area contributed by atoms with Gasteiger partial charge in [-0.15, -0.1) is 0 Å². The second kappa shape index (κ2) is 8.75. The summed E-state index contributed by atoms with van der Waals surface area (Å²) in [5, 5.41) is 6.19. The fourth-order valence-electron chi connectivity index (χ4n) is 5.87. The molecule has 2 amide bonds. The van der Waals surface area contributed by atoms with Crippen molar-refractivity contribution >= 4 is 50.5 Å². The number of alkyl halides is 5. The largest absolute Gasteiger partial charge is 0.401 e. The third-order valence-corrected chi connectivity index (χ3v) is 9.93. The van der Waals surface area contributed by atoms with Gasteiger partial charge in [0.15, 0.2) is 10.8 Å². The molecule has 1 aromatic carbocycles. The summed E-state index contributed by atoms with van der Waals surface area (Å²) in [6, 6.07) is 5.43. The molecule has 4 heterocycles. The predicted octanol–water partition coefficient (Wildman–Crippen LogP) is 3.43. The highest BCUT2D eigenvalue weighted by atomic mass is 35.5. The average Bonchev–Trinajstić information content (AvgIpc) is 3.16. The summed E-state index contributed by atoms with van der Waals surface area (Å²) < 4.78 is 99.3. The van der Waals surface area contributed by atoms with Gasteiger partial charge in [-0.05, 0) is 38.0 Å². The van der Waals surface area contributed by atoms with Crippen LogP contribution in [0.25, 0.3) is 5.65 Å². The van der Waals surface area contributed by atoms with Crippen LogP contribution in [0.2, 0.25) is 5.15 Å². The van der Waals surface area contributed by atoms with E-state index >= 15 is 8.78 Å². The Balaban J connectivity index is 1.28. The van der Waals surface area contributed by atoms with E-state index in [0.717, 1.165) is 18.4 Å². The molecule has 42 heavy (non-hydrogen) atoms. The lowest BCUT2D eigenvalue weighted by atomic mass is 9.87. The first-order chi connectivity index (χ1) is 19.4. The van der Waals surface area contributed by atoms with Gasteiger partial charge < -0.3 is 10.2 Å². The molecule has 0 radical (unpaired) electrons. The first-order valence-corrected chi connectivity index (χ1v) is 14.7. The Morgan fingerprint density at radius 1 is 1.19 bits per heavy atom. The first-order valence-electron chi connectivity index (χ1n) is 12.6. The van der Waals surface area contributed by atoms with Crippen molar-refractivity contribution in [3.05, 3.63) is 52.9 Å². The van der Waals surface area contributed by atoms with Gasteiger partial charge in [-0.3, -0.25) is 14.3 Å². The summed E-state index contributed by atoms with van der Waals surface area (Å²) in [4.78, 5) is 30.5. The lowest BCUT2D eigenvalue weighted by Crippen LogP contribution is -2.55. The molecule has 3 aliphatic rings. The number of benzene rings is 1. The van der Waals surface area contributed by atoms with Gasteiger partial charge >= 0.3 is 6.18 Å². The molecule has 3 aromatic rings. The smallest absolute Gasteiger partial charge is 0.344 e. The zero-order valence-electron chi connectivity index (χ0n) is 21.8. The van der Waals surface area contributed by atoms with Gasteiger partial charge in [0.2, 0.25) is 15.9 Å². The van der Waals surface area contributed by atoms with E-state index in [-0.39, 0.29) is 39.9 Å². The lowest BCUT2D eigenvalue weighted by molar-refractivity contribution is -0.181. The van der Waals surface area contributed by atoms with Crippen molar-refractivity contribution in [2.75, 3.05) is 17.2 Å². The molecular formula is C25H22ClF5N6O4S. The highest BCUT2D eigenvalue weighted by Crippen LogP contribution is 2.71. The van der Waals surface area contributed by atoms with Crippen LogP contribution in [0.1, 0.15) is 37.4 Å². The van der Waals surface area contributed by atoms with E-state index < -0.39 is 69.0 Å². The number of carbonyl (C=O) groups is 2. The second-order valence-corrected chi connectivity index (χ2v) is 13.3. The Morgan fingerprint density at radius 3 is 2.48 bits per heavy atom. The normalized spacial score (nSPS) is 29.7. The van der Waals surface area contributed by atoms with Gasteiger partial charge in [-0.1, -0.05) is 23.7 Å². The van der Waals surface area contributed by atoms with Crippen LogP contribution in [0.3, 0.4) is 0 Å². The van der Waals surface area contributed by atoms with E-state index in [1.807, 2.05) is 0 Å². The number of halogens is 6. The van der Waals surface area contributed by atoms with Crippen molar-refractivity contribution in [1.29, 1.82) is 0 Å². The third-order valence-electron chi connectivity index (χ3n) is 8.46. The van der Waals surface area contributed by atoms with Gasteiger partial charge in [0.1, 0.15) is 16.9 Å². The molecule has 1 saturated heterocycles. The SMILES string of the molecule is C[C@@]1(C(F)(F)F)CN(c2ccc([C@H]3C(F)(F)[C@]3(C)C(=O)NC3CCS(=O)(=O)NC3=O)cc2)c2cnc3cc(Cl)nn3c21. The quantitative estimate of drug-likeness (QED) is 0.422. The molecular weight excluding hydrogens is 611 g/mol. The van der Waals surface area contributed by atoms with Crippen LogP contribution >= 0.6 is 11.6 Å². The van der Waals surface area contributed by atoms with E-state index in [1.165, 1.54) is 41.4 Å². The summed E-state index contributed by atoms with van der Waals surface area (Å²) in [6.45, 7) is 1.53. The maximum absolute atomic E-state index is 15.1. The molecule has 17 heteroatoms. The summed E-state index contributed by atoms with van der Waals surface area (Å²) in [7, 11) is -3.83. The zero-order valence-corrected chi connectivity index (χ0v) is 23.4. The van der Waals surface area contributed by atoms with Crippen LogP contribution in [0.4, 0.5) is 33.3 Å². The van der Waals surface area contributed by atoms with Crippen molar-refractivity contribution in [2.24, 2.45) is 5.41 Å². The highest BCUT2D eigenvalue weighted by molar-refractivity contribution is 7.90. The Labute approximate surface area is 240 Å². The van der Waals surface area contributed by atoms with E-state index in [4.69, 9.17) is 11.6 Å². The number of anilines is 2. The summed E-state index contributed by atoms with van der Waals surface area (Å²) in [5.74, 6) is -7.69. The van der Waals surface area contributed by atoms with Crippen molar-refractivity contribution in [3.63, 3.8) is 0 Å². The standard InChI is InChI=1S/C25H22ClF5N6O4S/c1-22(25(29,30)31)11-36(15-10-32-17-9-16(26)34-37(17)19(15)22)13-5-3-12(4-6-13)18-23(2,24(18,27)28)21(39)33-14-7-8-42(40,41)35-20(14)38/h3-6,9-10,14,18H,7-8,11H2,1-2H3,(H,33,39)(H,35,38)/t14?,18-,22-,23+/m1/s1. The predicted molar refractivity (Wildman–Crippen MR) is 139 cm³/mol. The molecule has 10 nitrogen and oxygen atoms in total. The molecule has 1 aliphatic carbocycles. The second-order valence-electron chi connectivity index (χ2n) is 11.1. The minimum absolute atomic E-state index is 0.0326. The van der Waals surface area contributed by atoms with Crippen molar-refractivity contribution in [3.8, 4) is 0 Å². The van der Waals surface area contributed by atoms with Crippen LogP contribution in [0, 0.1) is 5.41 Å². The Hall–Kier alpha value is -3.53. The van der Waals surface area contributed by atoms with Gasteiger partial charge in [0.05, 0.1) is 29.2 Å². The fraction of sp³-hybridized carbons (Fsp3) is 0.440. The van der Waals surface area contributed by atoms with Crippen LogP contribution in [0.15, 0.2) is 36.5 Å². The van der Waals surface area contributed by atoms with Crippen LogP contribution < -0.4 is 14.9 Å². The molecule has 0 spiro atoms. The molecule has 224 valence electrons. The summed E-state index contributed by atoms with van der Waals surface area (Å²) in [5.41, 5.74) is -4.22. The molecule has 4 atom stereocenters. The van der Waals surface area contributed by atoms with E-state index in [0.29, 0.717) is 0 Å². The Kier molecular flexibility index (Phi) is 5.95. The number of fused-ring (bicyclic) bond motifs is 3. The van der Waals surface area contributed by atoms with Crippen LogP contribution in [-0.4, -0.2) is 65.3 Å². The van der Waals surface area contributed by atoms with Crippen molar-refractivity contribution < 1.29 is 40.0 Å². The van der Waals surface area contributed by atoms with Crippen molar-refractivity contribution in [1.82, 2.24) is 24.6 Å². The number of nitrogens with zero attached hydrogens (tertiary/aromatic N) is 4. The van der Waals surface area contributed by atoms with E-state index in [2.05, 4.69) is 15.4 Å². The summed E-state index contributed by atoms with van der Waals surface area (Å²) in [6.07, 6.45) is -3.68. The monoisotopic (exact) mass is 632 g/mol. The van der Waals surface area contributed by atoms with Crippen LogP contribution in [0.5, 0.6) is 0 Å². The first kappa shape index (κ1) is 28.6. The maximum atomic E-state index is 15.1. The number of nitrogens with one attached hydrogen (secondary N) is 2. The number of sulfonamides is 1. The molecule has 1 saturated carbocycles. The Bertz CT molecular complexity index is 1760. The van der Waals surface area contributed by atoms with Crippen molar-refractivity contribution in [2.45, 2.75) is 49.7 Å². The molecule has 2 N–H and O–H groups in total. The fourth-order valence-corrected chi connectivity index (χ4v) is 7.14. The molecule has 6 rings (SSSR count). The minimum atomic E-state index is -4.69. The number of hydrogen-bond donors (Lipinski definition) is 2. The van der Waals surface area contributed by atoms with Gasteiger partial charge in [-0.25, -0.2) is 26.7 Å².